The minimum atomic E-state index is -3.87. The van der Waals surface area contributed by atoms with E-state index in [0.717, 1.165) is 18.5 Å². The quantitative estimate of drug-likeness (QED) is 0.0188. The zero-order valence-corrected chi connectivity index (χ0v) is 55.2. The number of aliphatic hydroxyl groups excluding tert-OH is 1. The highest BCUT2D eigenvalue weighted by Gasteiger charge is 2.40. The summed E-state index contributed by atoms with van der Waals surface area (Å²) in [4.78, 5) is 95.0. The molecule has 4 aromatic heterocycles. The van der Waals surface area contributed by atoms with Crippen molar-refractivity contribution < 1.29 is 70.7 Å². The van der Waals surface area contributed by atoms with E-state index in [1.54, 1.807) is 26.2 Å². The third-order valence-electron chi connectivity index (χ3n) is 15.3. The van der Waals surface area contributed by atoms with E-state index >= 15 is 0 Å². The number of aromatic amines is 2. The van der Waals surface area contributed by atoms with E-state index in [1.165, 1.54) is 42.2 Å². The van der Waals surface area contributed by atoms with Gasteiger partial charge in [-0.2, -0.15) is 18.8 Å². The van der Waals surface area contributed by atoms with E-state index in [2.05, 4.69) is 34.8 Å². The summed E-state index contributed by atoms with van der Waals surface area (Å²) >= 11 is 0. The lowest BCUT2D eigenvalue weighted by molar-refractivity contribution is -0.757. The van der Waals surface area contributed by atoms with E-state index in [1.807, 2.05) is 51.6 Å². The Balaban J connectivity index is 0.000000257. The number of H-pyrrole nitrogens is 2. The maximum absolute atomic E-state index is 13.6. The second-order valence-corrected chi connectivity index (χ2v) is 25.9. The number of carboxylic acids is 1. The summed E-state index contributed by atoms with van der Waals surface area (Å²) < 4.78 is 76.5. The molecule has 93 heavy (non-hydrogen) atoms. The number of likely N-dealkylation sites (N-methyl/N-ethyl adjacent to an activating group) is 2. The molecule has 33 nitrogen and oxygen atoms in total. The molecule has 0 radical (unpaired) electrons. The van der Waals surface area contributed by atoms with Gasteiger partial charge < -0.3 is 44.1 Å². The molecule has 0 spiro atoms. The maximum Gasteiger partial charge on any atom is 0.305 e. The molecule has 6 heterocycles. The molecule has 512 valence electrons. The van der Waals surface area contributed by atoms with Crippen LogP contribution in [0.5, 0.6) is 11.5 Å². The van der Waals surface area contributed by atoms with Crippen LogP contribution >= 0.6 is 0 Å². The predicted molar refractivity (Wildman–Crippen MR) is 338 cm³/mol. The SMILES string of the molecule is CCCc1nn(C)c2c(=O)[nH]c(-c3cc(S(=O)(=O)N4CC(N(C)CCO)C4)ccc3OCC)nc12.CCCc1nn(C)c2c(=O)[nH]c(-c3cc(S(=O)(=O)N4CC(N(C)CCOC(=O)CCCCCO[N+](=O)[O-])C4)ccc3OCC)nc12.O=C(O)CCCCCO[N+](=O)[O-]. The van der Waals surface area contributed by atoms with Gasteiger partial charge in [0, 0.05) is 78.3 Å². The molecular weight excluding hydrogens is 1260 g/mol. The summed E-state index contributed by atoms with van der Waals surface area (Å²) in [6, 6.07) is 9.15. The number of fused-ring (bicyclic) bond motifs is 2. The highest BCUT2D eigenvalue weighted by molar-refractivity contribution is 7.89. The number of aliphatic carboxylic acids is 1. The average Bonchev–Trinajstić information content (AvgIpc) is 1.69. The van der Waals surface area contributed by atoms with Crippen LogP contribution < -0.4 is 20.6 Å². The number of aliphatic hydroxyl groups is 1. The van der Waals surface area contributed by atoms with Gasteiger partial charge in [-0.15, -0.1) is 20.2 Å². The van der Waals surface area contributed by atoms with Crippen molar-refractivity contribution in [3.8, 4) is 34.3 Å². The fraction of sp³-hybridized carbons (Fsp3) is 0.586. The number of hydrogen-bond donors (Lipinski definition) is 4. The first-order valence-corrected chi connectivity index (χ1v) is 33.6. The highest BCUT2D eigenvalue weighted by atomic mass is 32.2. The number of ether oxygens (including phenoxy) is 3. The van der Waals surface area contributed by atoms with Crippen LogP contribution in [-0.4, -0.2) is 212 Å². The van der Waals surface area contributed by atoms with E-state index < -0.39 is 36.2 Å². The van der Waals surface area contributed by atoms with Crippen LogP contribution in [0.15, 0.2) is 55.8 Å². The minimum Gasteiger partial charge on any atom is -0.493 e. The topological polar surface area (TPSA) is 415 Å². The molecule has 2 fully saturated rings. The smallest absolute Gasteiger partial charge is 0.305 e. The molecule has 2 aliphatic rings. The predicted octanol–water partition coefficient (Wildman–Crippen LogP) is 4.10. The molecule has 0 unspecified atom stereocenters. The number of benzene rings is 2. The third-order valence-corrected chi connectivity index (χ3v) is 19.0. The Kier molecular flexibility index (Phi) is 27.5. The highest BCUT2D eigenvalue weighted by Crippen LogP contribution is 2.36. The van der Waals surface area contributed by atoms with Crippen molar-refractivity contribution in [1.29, 1.82) is 0 Å². The number of hydrogen-bond acceptors (Lipinski definition) is 24. The number of unbranched alkanes of at least 4 members (excludes halogenated alkanes) is 4. The molecule has 0 saturated carbocycles. The van der Waals surface area contributed by atoms with Gasteiger partial charge in [0.25, 0.3) is 21.3 Å². The molecule has 35 heteroatoms. The number of sulfonamides is 2. The van der Waals surface area contributed by atoms with Crippen molar-refractivity contribution in [2.75, 3.05) is 93.0 Å². The van der Waals surface area contributed by atoms with E-state index in [9.17, 15) is 56.2 Å². The van der Waals surface area contributed by atoms with Gasteiger partial charge in [-0.25, -0.2) is 26.8 Å². The maximum atomic E-state index is 13.6. The minimum absolute atomic E-state index is 0.00104. The monoisotopic (exact) mass is 1340 g/mol. The van der Waals surface area contributed by atoms with E-state index in [4.69, 9.17) is 29.4 Å². The second kappa shape index (κ2) is 34.6. The number of aryl methyl sites for hydroxylation is 4. The number of carboxylic acid groups (broad SMARTS) is 1. The average molecular weight is 1350 g/mol. The van der Waals surface area contributed by atoms with Crippen molar-refractivity contribution in [2.45, 2.75) is 127 Å². The molecule has 8 rings (SSSR count). The van der Waals surface area contributed by atoms with Crippen LogP contribution in [0, 0.1) is 20.2 Å². The molecule has 2 aliphatic heterocycles. The standard InChI is InChI=1S/C29H41N7O9S.C23H32N6O5S.C6H11NO5/c1-5-10-23-26-27(34(4)32-23)29(38)31-28(30-26)22-17-21(12-13-24(22)43-6-2)46(41,42)35-18-20(19-35)33(3)14-16-44-25(37)11-8-7-9-15-45-36(39)40;1-5-7-18-20-21(28(4)26-18)23(31)25-22(24-20)17-12-16(8-9-19(17)34-6-2)35(32,33)29-13-15(14-29)27(3)10-11-30;8-6(9)4-2-1-3-5-12-7(10)11/h12-13,17,20H,5-11,14-16,18-19H2,1-4H3,(H,30,31,38);8-9,12,15,30H,5-7,10-11,13-14H2,1-4H3,(H,24,25,31);1-5H2,(H,8,9). The van der Waals surface area contributed by atoms with Gasteiger partial charge in [0.15, 0.2) is 11.0 Å². The van der Waals surface area contributed by atoms with E-state index in [-0.39, 0.29) is 103 Å². The molecular formula is C58H84N14O19S2. The van der Waals surface area contributed by atoms with Crippen LogP contribution in [0.4, 0.5) is 0 Å². The van der Waals surface area contributed by atoms with Crippen molar-refractivity contribution in [3.05, 3.63) is 88.7 Å². The molecule has 0 atom stereocenters. The van der Waals surface area contributed by atoms with Crippen LogP contribution in [0.3, 0.4) is 0 Å². The number of carbonyl (C=O) groups excluding carboxylic acids is 1. The lowest BCUT2D eigenvalue weighted by Gasteiger charge is -2.42. The summed E-state index contributed by atoms with van der Waals surface area (Å²) in [6.45, 7) is 10.8. The lowest BCUT2D eigenvalue weighted by Crippen LogP contribution is -2.60. The first-order valence-electron chi connectivity index (χ1n) is 30.7. The Morgan fingerprint density at radius 1 is 0.645 bits per heavy atom. The van der Waals surface area contributed by atoms with Gasteiger partial charge in [0.05, 0.1) is 65.3 Å². The van der Waals surface area contributed by atoms with Crippen molar-refractivity contribution in [3.63, 3.8) is 0 Å². The molecule has 0 bridgehead atoms. The molecule has 0 aliphatic carbocycles. The van der Waals surface area contributed by atoms with Gasteiger partial charge in [0.1, 0.15) is 40.8 Å². The summed E-state index contributed by atoms with van der Waals surface area (Å²) in [5.41, 5.74) is 3.12. The summed E-state index contributed by atoms with van der Waals surface area (Å²) in [7, 11) is -0.528. The molecule has 4 N–H and O–H groups in total. The Morgan fingerprint density at radius 3 is 1.45 bits per heavy atom. The normalized spacial score (nSPS) is 13.8. The van der Waals surface area contributed by atoms with Gasteiger partial charge in [-0.3, -0.25) is 38.3 Å². The Morgan fingerprint density at radius 2 is 1.06 bits per heavy atom. The largest absolute Gasteiger partial charge is 0.493 e. The number of nitrogens with one attached hydrogen (secondary N) is 2. The molecule has 2 saturated heterocycles. The van der Waals surface area contributed by atoms with Crippen molar-refractivity contribution in [1.82, 2.24) is 57.9 Å². The van der Waals surface area contributed by atoms with Crippen molar-refractivity contribution in [2.24, 2.45) is 14.1 Å². The number of rotatable bonds is 35. The number of nitrogens with zero attached hydrogens (tertiary/aromatic N) is 12. The first kappa shape index (κ1) is 73.8. The van der Waals surface area contributed by atoms with Gasteiger partial charge >= 0.3 is 11.9 Å². The van der Waals surface area contributed by atoms with E-state index in [0.29, 0.717) is 141 Å². The fourth-order valence-corrected chi connectivity index (χ4v) is 13.3. The van der Waals surface area contributed by atoms with Crippen LogP contribution in [0.1, 0.15) is 103 Å². The third kappa shape index (κ3) is 19.7. The second-order valence-electron chi connectivity index (χ2n) is 22.0. The zero-order valence-electron chi connectivity index (χ0n) is 53.6. The Bertz CT molecular complexity index is 3870. The Hall–Kier alpha value is -8.22. The van der Waals surface area contributed by atoms with Crippen LogP contribution in [-0.2, 0) is 71.0 Å². The number of esters is 1. The number of carbonyl (C=O) groups is 2. The summed E-state index contributed by atoms with van der Waals surface area (Å²) in [5, 5.41) is 44.3. The zero-order chi connectivity index (χ0) is 68.2. The first-order chi connectivity index (χ1) is 44.3. The fourth-order valence-electron chi connectivity index (χ4n) is 10.2. The van der Waals surface area contributed by atoms with Crippen LogP contribution in [0.2, 0.25) is 0 Å². The van der Waals surface area contributed by atoms with Crippen molar-refractivity contribution >= 4 is 54.1 Å². The molecule has 0 amide bonds. The van der Waals surface area contributed by atoms with Crippen LogP contribution in [0.25, 0.3) is 44.8 Å². The molecule has 6 aromatic rings. The summed E-state index contributed by atoms with van der Waals surface area (Å²) in [6.07, 6.45) is 6.62. The van der Waals surface area contributed by atoms with Gasteiger partial charge in [-0.05, 0) is 103 Å². The van der Waals surface area contributed by atoms with Gasteiger partial charge in [0.2, 0.25) is 20.0 Å². The van der Waals surface area contributed by atoms with Gasteiger partial charge in [-0.1, -0.05) is 39.5 Å². The number of aromatic nitrogens is 8. The summed E-state index contributed by atoms with van der Waals surface area (Å²) in [5.74, 6) is 0.0574. The Labute approximate surface area is 537 Å². The molecule has 2 aromatic carbocycles. The lowest BCUT2D eigenvalue weighted by atomic mass is 10.1.